The zero-order valence-electron chi connectivity index (χ0n) is 16.3. The maximum Gasteiger partial charge on any atom is 0.163 e. The van der Waals surface area contributed by atoms with Crippen molar-refractivity contribution in [1.82, 2.24) is 24.5 Å². The molecule has 2 aromatic heterocycles. The Bertz CT molecular complexity index is 982. The number of hydrogen-bond acceptors (Lipinski definition) is 4. The smallest absolute Gasteiger partial charge is 0.163 e. The average Bonchev–Trinajstić information content (AvgIpc) is 3.33. The molecule has 1 atom stereocenters. The molecule has 6 heteroatoms. The fourth-order valence-corrected chi connectivity index (χ4v) is 3.74. The van der Waals surface area contributed by atoms with Crippen molar-refractivity contribution in [3.63, 3.8) is 0 Å². The lowest BCUT2D eigenvalue weighted by molar-refractivity contribution is 0.101. The normalized spacial score (nSPS) is 15.1. The van der Waals surface area contributed by atoms with Gasteiger partial charge in [0.25, 0.3) is 0 Å². The van der Waals surface area contributed by atoms with Crippen LogP contribution in [0.15, 0.2) is 30.3 Å². The largest absolute Gasteiger partial charge is 0.294 e. The topological polar surface area (TPSA) is 65.6 Å². The van der Waals surface area contributed by atoms with Crippen LogP contribution in [0.1, 0.15) is 72.0 Å². The second kappa shape index (κ2) is 6.76. The lowest BCUT2D eigenvalue weighted by atomic mass is 10.1. The summed E-state index contributed by atoms with van der Waals surface area (Å²) in [7, 11) is 0. The van der Waals surface area contributed by atoms with E-state index in [1.54, 1.807) is 6.92 Å². The summed E-state index contributed by atoms with van der Waals surface area (Å²) in [6, 6.07) is 10.2. The standard InChI is InChI=1S/C21H25N5O/c1-13(25-15(3)20(16(4)27)14(2)23-25)12-19-22-21(17-10-11-17)24-26(19)18-8-6-5-7-9-18/h5-9,13,17H,10-12H2,1-4H3/t13-/m0/s1. The number of Topliss-reactive ketones (excluding diaryl/α,β-unsaturated/α-hetero) is 1. The first-order chi connectivity index (χ1) is 13.0. The lowest BCUT2D eigenvalue weighted by Gasteiger charge is -2.15. The van der Waals surface area contributed by atoms with Gasteiger partial charge in [0.15, 0.2) is 11.6 Å². The van der Waals surface area contributed by atoms with E-state index in [0.717, 1.165) is 34.3 Å². The van der Waals surface area contributed by atoms with Crippen molar-refractivity contribution in [2.75, 3.05) is 0 Å². The fraction of sp³-hybridized carbons (Fsp3) is 0.429. The van der Waals surface area contributed by atoms with Crippen molar-refractivity contribution >= 4 is 5.78 Å². The fourth-order valence-electron chi connectivity index (χ4n) is 3.74. The van der Waals surface area contributed by atoms with Crippen LogP contribution in [-0.2, 0) is 6.42 Å². The van der Waals surface area contributed by atoms with Crippen molar-refractivity contribution in [3.05, 3.63) is 58.9 Å². The van der Waals surface area contributed by atoms with E-state index >= 15 is 0 Å². The number of para-hydroxylation sites is 1. The van der Waals surface area contributed by atoms with Crippen LogP contribution in [0.5, 0.6) is 0 Å². The minimum Gasteiger partial charge on any atom is -0.294 e. The number of hydrogen-bond donors (Lipinski definition) is 0. The number of benzene rings is 1. The van der Waals surface area contributed by atoms with Gasteiger partial charge in [-0.2, -0.15) is 10.2 Å². The van der Waals surface area contributed by atoms with E-state index in [0.29, 0.717) is 12.3 Å². The maximum atomic E-state index is 11.9. The molecule has 0 saturated heterocycles. The van der Waals surface area contributed by atoms with E-state index in [4.69, 9.17) is 10.1 Å². The quantitative estimate of drug-likeness (QED) is 0.622. The zero-order chi connectivity index (χ0) is 19.1. The molecule has 1 saturated carbocycles. The molecule has 0 aliphatic heterocycles. The summed E-state index contributed by atoms with van der Waals surface area (Å²) in [6.45, 7) is 7.57. The van der Waals surface area contributed by atoms with Gasteiger partial charge in [-0.25, -0.2) is 9.67 Å². The number of carbonyl (C=O) groups excluding carboxylic acids is 1. The molecule has 1 aromatic carbocycles. The molecule has 0 radical (unpaired) electrons. The van der Waals surface area contributed by atoms with Crippen molar-refractivity contribution in [2.45, 2.75) is 58.9 Å². The highest BCUT2D eigenvalue weighted by atomic mass is 16.1. The third kappa shape index (κ3) is 3.31. The van der Waals surface area contributed by atoms with Crippen LogP contribution >= 0.6 is 0 Å². The Morgan fingerprint density at radius 3 is 2.48 bits per heavy atom. The molecule has 1 aliphatic carbocycles. The van der Waals surface area contributed by atoms with Gasteiger partial charge in [0.1, 0.15) is 5.82 Å². The first-order valence-electron chi connectivity index (χ1n) is 9.53. The Balaban J connectivity index is 1.68. The van der Waals surface area contributed by atoms with Crippen LogP contribution in [-0.4, -0.2) is 30.3 Å². The third-order valence-electron chi connectivity index (χ3n) is 5.21. The van der Waals surface area contributed by atoms with E-state index in [1.807, 2.05) is 41.4 Å². The van der Waals surface area contributed by atoms with Gasteiger partial charge in [-0.3, -0.25) is 9.48 Å². The molecular formula is C21H25N5O. The minimum atomic E-state index is 0.0620. The van der Waals surface area contributed by atoms with Crippen LogP contribution < -0.4 is 0 Å². The predicted octanol–water partition coefficient (Wildman–Crippen LogP) is 3.96. The number of aryl methyl sites for hydroxylation is 1. The molecule has 140 valence electrons. The maximum absolute atomic E-state index is 11.9. The summed E-state index contributed by atoms with van der Waals surface area (Å²) in [5.74, 6) is 2.44. The lowest BCUT2D eigenvalue weighted by Crippen LogP contribution is -2.15. The number of carbonyl (C=O) groups is 1. The monoisotopic (exact) mass is 363 g/mol. The first kappa shape index (κ1) is 17.6. The van der Waals surface area contributed by atoms with Crippen LogP contribution in [0.2, 0.25) is 0 Å². The van der Waals surface area contributed by atoms with Gasteiger partial charge < -0.3 is 0 Å². The second-order valence-electron chi connectivity index (χ2n) is 7.51. The molecule has 1 fully saturated rings. The number of ketones is 1. The van der Waals surface area contributed by atoms with Gasteiger partial charge >= 0.3 is 0 Å². The van der Waals surface area contributed by atoms with E-state index in [2.05, 4.69) is 24.2 Å². The van der Waals surface area contributed by atoms with E-state index in [-0.39, 0.29) is 11.8 Å². The molecule has 3 aromatic rings. The number of nitrogens with zero attached hydrogens (tertiary/aromatic N) is 5. The molecule has 27 heavy (non-hydrogen) atoms. The number of rotatable bonds is 6. The van der Waals surface area contributed by atoms with Crippen molar-refractivity contribution < 1.29 is 4.79 Å². The Kier molecular flexibility index (Phi) is 4.42. The summed E-state index contributed by atoms with van der Waals surface area (Å²) in [5.41, 5.74) is 3.46. The molecular weight excluding hydrogens is 338 g/mol. The highest BCUT2D eigenvalue weighted by molar-refractivity contribution is 5.96. The Morgan fingerprint density at radius 2 is 1.89 bits per heavy atom. The van der Waals surface area contributed by atoms with Crippen LogP contribution in [0.3, 0.4) is 0 Å². The van der Waals surface area contributed by atoms with Crippen LogP contribution in [0.4, 0.5) is 0 Å². The summed E-state index contributed by atoms with van der Waals surface area (Å²) in [4.78, 5) is 16.8. The van der Waals surface area contributed by atoms with E-state index in [1.165, 1.54) is 12.8 Å². The average molecular weight is 363 g/mol. The Morgan fingerprint density at radius 1 is 1.19 bits per heavy atom. The van der Waals surface area contributed by atoms with E-state index < -0.39 is 0 Å². The van der Waals surface area contributed by atoms with Crippen molar-refractivity contribution in [3.8, 4) is 5.69 Å². The van der Waals surface area contributed by atoms with Crippen LogP contribution in [0, 0.1) is 13.8 Å². The summed E-state index contributed by atoms with van der Waals surface area (Å²) in [6.07, 6.45) is 3.05. The Labute approximate surface area is 159 Å². The molecule has 0 bridgehead atoms. The highest BCUT2D eigenvalue weighted by Gasteiger charge is 2.30. The van der Waals surface area contributed by atoms with Crippen molar-refractivity contribution in [2.24, 2.45) is 0 Å². The minimum absolute atomic E-state index is 0.0620. The van der Waals surface area contributed by atoms with Gasteiger partial charge in [-0.15, -0.1) is 0 Å². The first-order valence-corrected chi connectivity index (χ1v) is 9.53. The van der Waals surface area contributed by atoms with Gasteiger partial charge in [0.2, 0.25) is 0 Å². The summed E-state index contributed by atoms with van der Waals surface area (Å²) < 4.78 is 3.91. The van der Waals surface area contributed by atoms with Crippen molar-refractivity contribution in [1.29, 1.82) is 0 Å². The molecule has 1 aliphatic rings. The third-order valence-corrected chi connectivity index (χ3v) is 5.21. The van der Waals surface area contributed by atoms with Crippen LogP contribution in [0.25, 0.3) is 5.69 Å². The molecule has 0 amide bonds. The number of aromatic nitrogens is 5. The molecule has 0 N–H and O–H groups in total. The summed E-state index contributed by atoms with van der Waals surface area (Å²) >= 11 is 0. The summed E-state index contributed by atoms with van der Waals surface area (Å²) in [5, 5.41) is 9.41. The van der Waals surface area contributed by atoms with Gasteiger partial charge in [-0.05, 0) is 52.7 Å². The highest BCUT2D eigenvalue weighted by Crippen LogP contribution is 2.38. The molecule has 6 nitrogen and oxygen atoms in total. The SMILES string of the molecule is CC(=O)c1c(C)nn([C@@H](C)Cc2nc(C3CC3)nn2-c2ccccc2)c1C. The molecule has 4 rings (SSSR count). The van der Waals surface area contributed by atoms with Gasteiger partial charge in [-0.1, -0.05) is 18.2 Å². The van der Waals surface area contributed by atoms with Gasteiger partial charge in [0.05, 0.1) is 23.0 Å². The molecule has 0 spiro atoms. The molecule has 2 heterocycles. The predicted molar refractivity (Wildman–Crippen MR) is 103 cm³/mol. The Hall–Kier alpha value is -2.76. The second-order valence-corrected chi connectivity index (χ2v) is 7.51. The van der Waals surface area contributed by atoms with E-state index in [9.17, 15) is 4.79 Å². The van der Waals surface area contributed by atoms with Gasteiger partial charge in [0, 0.05) is 18.0 Å². The zero-order valence-corrected chi connectivity index (χ0v) is 16.3. The molecule has 0 unspecified atom stereocenters.